The number of aromatic nitrogens is 4. The van der Waals surface area contributed by atoms with Crippen molar-refractivity contribution in [3.8, 4) is 0 Å². The third-order valence-corrected chi connectivity index (χ3v) is 6.22. The van der Waals surface area contributed by atoms with E-state index in [1.807, 2.05) is 28.8 Å². The molecule has 2 aromatic carbocycles. The van der Waals surface area contributed by atoms with Crippen molar-refractivity contribution in [2.24, 2.45) is 7.05 Å². The van der Waals surface area contributed by atoms with Crippen LogP contribution in [0, 0.1) is 6.92 Å². The van der Waals surface area contributed by atoms with Crippen LogP contribution in [0.25, 0.3) is 11.2 Å². The first-order chi connectivity index (χ1) is 15.5. The summed E-state index contributed by atoms with van der Waals surface area (Å²) in [6.07, 6.45) is 2.45. The number of aryl methyl sites for hydroxylation is 4. The van der Waals surface area contributed by atoms with Crippen LogP contribution >= 0.6 is 0 Å². The van der Waals surface area contributed by atoms with Crippen LogP contribution in [0.3, 0.4) is 0 Å². The van der Waals surface area contributed by atoms with E-state index in [4.69, 9.17) is 4.98 Å². The Bertz CT molecular complexity index is 1400. The van der Waals surface area contributed by atoms with Gasteiger partial charge in [-0.2, -0.15) is 4.98 Å². The van der Waals surface area contributed by atoms with Crippen molar-refractivity contribution in [1.29, 1.82) is 0 Å². The summed E-state index contributed by atoms with van der Waals surface area (Å²) in [6, 6.07) is 18.4. The standard InChI is InChI=1S/C25H27N5O2/c1-18-9-6-13-20(17-18)28-15-8-16-29-21-22(26-24(28)29)27(2)25(32)30(23(21)31)14-7-12-19-10-4-3-5-11-19/h3-6,9-11,13,17H,7-8,12,14-16H2,1-2H3. The Hall–Kier alpha value is -3.61. The fourth-order valence-corrected chi connectivity index (χ4v) is 4.59. The number of nitrogens with zero attached hydrogens (tertiary/aromatic N) is 5. The highest BCUT2D eigenvalue weighted by molar-refractivity contribution is 5.77. The van der Waals surface area contributed by atoms with E-state index in [1.54, 1.807) is 7.05 Å². The first-order valence-electron chi connectivity index (χ1n) is 11.1. The maximum absolute atomic E-state index is 13.4. The summed E-state index contributed by atoms with van der Waals surface area (Å²) in [5.41, 5.74) is 3.83. The van der Waals surface area contributed by atoms with Gasteiger partial charge in [0, 0.05) is 32.4 Å². The third kappa shape index (κ3) is 3.43. The van der Waals surface area contributed by atoms with Crippen molar-refractivity contribution in [2.45, 2.75) is 39.3 Å². The molecule has 7 heteroatoms. The lowest BCUT2D eigenvalue weighted by Gasteiger charge is -2.29. The Morgan fingerprint density at radius 3 is 2.59 bits per heavy atom. The molecule has 0 amide bonds. The maximum atomic E-state index is 13.4. The summed E-state index contributed by atoms with van der Waals surface area (Å²) in [5.74, 6) is 0.728. The van der Waals surface area contributed by atoms with Gasteiger partial charge in [-0.15, -0.1) is 0 Å². The molecule has 0 saturated heterocycles. The smallest absolute Gasteiger partial charge is 0.312 e. The molecule has 3 heterocycles. The molecule has 1 aliphatic heterocycles. The molecule has 4 aromatic rings. The Morgan fingerprint density at radius 1 is 1.00 bits per heavy atom. The predicted molar refractivity (Wildman–Crippen MR) is 127 cm³/mol. The molecule has 0 bridgehead atoms. The second kappa shape index (κ2) is 8.15. The molecule has 32 heavy (non-hydrogen) atoms. The van der Waals surface area contributed by atoms with Gasteiger partial charge < -0.3 is 9.47 Å². The zero-order valence-electron chi connectivity index (χ0n) is 18.5. The Morgan fingerprint density at radius 2 is 1.81 bits per heavy atom. The first-order valence-corrected chi connectivity index (χ1v) is 11.1. The molecule has 0 radical (unpaired) electrons. The van der Waals surface area contributed by atoms with Crippen molar-refractivity contribution in [2.75, 3.05) is 11.4 Å². The van der Waals surface area contributed by atoms with Gasteiger partial charge in [0.05, 0.1) is 0 Å². The minimum atomic E-state index is -0.312. The number of rotatable bonds is 5. The zero-order chi connectivity index (χ0) is 22.2. The molecule has 0 aliphatic carbocycles. The van der Waals surface area contributed by atoms with E-state index in [0.717, 1.165) is 37.4 Å². The molecule has 7 nitrogen and oxygen atoms in total. The van der Waals surface area contributed by atoms with Gasteiger partial charge in [-0.05, 0) is 49.4 Å². The second-order valence-electron chi connectivity index (χ2n) is 8.47. The average molecular weight is 430 g/mol. The normalized spacial score (nSPS) is 13.5. The van der Waals surface area contributed by atoms with Gasteiger partial charge in [0.25, 0.3) is 5.56 Å². The highest BCUT2D eigenvalue weighted by atomic mass is 16.2. The lowest BCUT2D eigenvalue weighted by molar-refractivity contribution is 0.565. The van der Waals surface area contributed by atoms with Crippen molar-refractivity contribution in [3.63, 3.8) is 0 Å². The van der Waals surface area contributed by atoms with E-state index in [0.29, 0.717) is 24.3 Å². The van der Waals surface area contributed by atoms with Crippen LogP contribution in [0.4, 0.5) is 11.6 Å². The largest absolute Gasteiger partial charge is 0.332 e. The third-order valence-electron chi connectivity index (χ3n) is 6.22. The fourth-order valence-electron chi connectivity index (χ4n) is 4.59. The van der Waals surface area contributed by atoms with Crippen LogP contribution in [0.15, 0.2) is 64.2 Å². The average Bonchev–Trinajstić information content (AvgIpc) is 3.20. The molecule has 1 aliphatic rings. The van der Waals surface area contributed by atoms with Gasteiger partial charge in [-0.1, -0.05) is 42.5 Å². The topological polar surface area (TPSA) is 65.1 Å². The van der Waals surface area contributed by atoms with E-state index in [1.165, 1.54) is 20.3 Å². The molecular weight excluding hydrogens is 402 g/mol. The van der Waals surface area contributed by atoms with E-state index >= 15 is 0 Å². The summed E-state index contributed by atoms with van der Waals surface area (Å²) >= 11 is 0. The second-order valence-corrected chi connectivity index (χ2v) is 8.47. The number of hydrogen-bond acceptors (Lipinski definition) is 4. The van der Waals surface area contributed by atoms with Crippen LogP contribution < -0.4 is 16.1 Å². The lowest BCUT2D eigenvalue weighted by Crippen LogP contribution is -2.40. The Labute approximate surface area is 186 Å². The molecular formula is C25H27N5O2. The van der Waals surface area contributed by atoms with Crippen LogP contribution in [0.5, 0.6) is 0 Å². The number of benzene rings is 2. The minimum absolute atomic E-state index is 0.249. The zero-order valence-corrected chi connectivity index (χ0v) is 18.5. The fraction of sp³-hybridized carbons (Fsp3) is 0.320. The van der Waals surface area contributed by atoms with Gasteiger partial charge in [0.2, 0.25) is 5.95 Å². The summed E-state index contributed by atoms with van der Waals surface area (Å²) < 4.78 is 4.86. The molecule has 5 rings (SSSR count). The molecule has 0 atom stereocenters. The van der Waals surface area contributed by atoms with Gasteiger partial charge in [0.1, 0.15) is 0 Å². The lowest BCUT2D eigenvalue weighted by atomic mass is 10.1. The van der Waals surface area contributed by atoms with Crippen molar-refractivity contribution in [1.82, 2.24) is 18.7 Å². The highest BCUT2D eigenvalue weighted by Gasteiger charge is 2.26. The highest BCUT2D eigenvalue weighted by Crippen LogP contribution is 2.31. The van der Waals surface area contributed by atoms with E-state index in [9.17, 15) is 9.59 Å². The van der Waals surface area contributed by atoms with E-state index < -0.39 is 0 Å². The first kappa shape index (κ1) is 20.3. The van der Waals surface area contributed by atoms with E-state index in [2.05, 4.69) is 42.2 Å². The molecule has 0 fully saturated rings. The van der Waals surface area contributed by atoms with Gasteiger partial charge in [-0.3, -0.25) is 13.9 Å². The number of imidazole rings is 1. The Balaban J connectivity index is 1.56. The van der Waals surface area contributed by atoms with Crippen molar-refractivity contribution in [3.05, 3.63) is 86.6 Å². The van der Waals surface area contributed by atoms with Crippen LogP contribution in [-0.2, 0) is 26.6 Å². The van der Waals surface area contributed by atoms with Crippen LogP contribution in [0.1, 0.15) is 24.0 Å². The summed E-state index contributed by atoms with van der Waals surface area (Å²) in [6.45, 7) is 3.99. The minimum Gasteiger partial charge on any atom is -0.312 e. The van der Waals surface area contributed by atoms with Crippen molar-refractivity contribution < 1.29 is 0 Å². The molecule has 0 spiro atoms. The number of hydrogen-bond donors (Lipinski definition) is 0. The number of fused-ring (bicyclic) bond motifs is 3. The maximum Gasteiger partial charge on any atom is 0.332 e. The summed E-state index contributed by atoms with van der Waals surface area (Å²) in [5, 5.41) is 0. The molecule has 0 saturated carbocycles. The van der Waals surface area contributed by atoms with Gasteiger partial charge in [-0.25, -0.2) is 4.79 Å². The monoisotopic (exact) mass is 429 g/mol. The predicted octanol–water partition coefficient (Wildman–Crippen LogP) is 3.38. The quantitative estimate of drug-likeness (QED) is 0.488. The number of anilines is 2. The summed E-state index contributed by atoms with van der Waals surface area (Å²) in [7, 11) is 1.70. The van der Waals surface area contributed by atoms with E-state index in [-0.39, 0.29) is 11.2 Å². The SMILES string of the molecule is Cc1cccc(N2CCCn3c2nc2c3c(=O)n(CCCc3ccccc3)c(=O)n2C)c1. The molecule has 164 valence electrons. The van der Waals surface area contributed by atoms with Gasteiger partial charge >= 0.3 is 5.69 Å². The van der Waals surface area contributed by atoms with Gasteiger partial charge in [0.15, 0.2) is 11.2 Å². The molecule has 0 unspecified atom stereocenters. The Kier molecular flexibility index (Phi) is 5.17. The van der Waals surface area contributed by atoms with Crippen LogP contribution in [0.2, 0.25) is 0 Å². The summed E-state index contributed by atoms with van der Waals surface area (Å²) in [4.78, 5) is 33.4. The molecule has 0 N–H and O–H groups in total. The molecule has 2 aromatic heterocycles. The van der Waals surface area contributed by atoms with Crippen LogP contribution in [-0.4, -0.2) is 25.2 Å². The van der Waals surface area contributed by atoms with Crippen molar-refractivity contribution >= 4 is 22.8 Å².